The summed E-state index contributed by atoms with van der Waals surface area (Å²) in [6, 6.07) is 9.64. The van der Waals surface area contributed by atoms with E-state index < -0.39 is 0 Å². The number of furan rings is 1. The summed E-state index contributed by atoms with van der Waals surface area (Å²) in [5.41, 5.74) is 2.91. The molecule has 1 aliphatic heterocycles. The number of hydrogen-bond donors (Lipinski definition) is 1. The van der Waals surface area contributed by atoms with Gasteiger partial charge in [0.1, 0.15) is 17.6 Å². The Bertz CT molecular complexity index is 987. The summed E-state index contributed by atoms with van der Waals surface area (Å²) < 4.78 is 5.66. The van der Waals surface area contributed by atoms with Gasteiger partial charge in [0.15, 0.2) is 11.6 Å². The normalized spacial score (nSPS) is 16.5. The zero-order valence-electron chi connectivity index (χ0n) is 15.5. The van der Waals surface area contributed by atoms with Crippen molar-refractivity contribution in [3.05, 3.63) is 69.9 Å². The highest BCUT2D eigenvalue weighted by atomic mass is 32.1. The maximum atomic E-state index is 5.66. The smallest absolute Gasteiger partial charge is 0.163 e. The molecule has 0 spiro atoms. The van der Waals surface area contributed by atoms with E-state index in [9.17, 15) is 0 Å². The zero-order valence-corrected chi connectivity index (χ0v) is 16.3. The molecule has 1 N–H and O–H groups in total. The Morgan fingerprint density at radius 2 is 2.15 bits per heavy atom. The van der Waals surface area contributed by atoms with E-state index in [0.717, 1.165) is 28.5 Å². The quantitative estimate of drug-likeness (QED) is 0.752. The van der Waals surface area contributed by atoms with Gasteiger partial charge in [0, 0.05) is 30.2 Å². The minimum absolute atomic E-state index is 0.231. The van der Waals surface area contributed by atoms with Gasteiger partial charge in [0.25, 0.3) is 0 Å². The fourth-order valence-corrected chi connectivity index (χ4v) is 4.04. The first-order chi connectivity index (χ1) is 13.2. The number of hydrogen-bond acceptors (Lipinski definition) is 7. The molecule has 27 heavy (non-hydrogen) atoms. The van der Waals surface area contributed by atoms with Crippen molar-refractivity contribution in [2.75, 3.05) is 21.1 Å². The molecule has 4 heterocycles. The van der Waals surface area contributed by atoms with E-state index in [4.69, 9.17) is 14.4 Å². The zero-order chi connectivity index (χ0) is 18.8. The molecule has 0 fully saturated rings. The summed E-state index contributed by atoms with van der Waals surface area (Å²) in [5, 5.41) is 5.40. The number of aromatic nitrogens is 1. The van der Waals surface area contributed by atoms with Crippen LogP contribution in [0.4, 0.5) is 5.82 Å². The van der Waals surface area contributed by atoms with Crippen LogP contribution in [-0.2, 0) is 6.54 Å². The van der Waals surface area contributed by atoms with Gasteiger partial charge < -0.3 is 14.6 Å². The molecular weight excluding hydrogens is 358 g/mol. The molecule has 0 aliphatic carbocycles. The van der Waals surface area contributed by atoms with Crippen molar-refractivity contribution in [2.24, 2.45) is 9.98 Å². The number of amidine groups is 1. The molecule has 0 radical (unpaired) electrons. The molecule has 0 aromatic carbocycles. The monoisotopic (exact) mass is 379 g/mol. The SMILES string of the molecule is CNC1=Nc2ncccc2C(c2ccco2)=NC1c1cc(CN(C)C)cs1. The minimum atomic E-state index is -0.231. The van der Waals surface area contributed by atoms with Crippen molar-refractivity contribution in [3.63, 3.8) is 0 Å². The van der Waals surface area contributed by atoms with Gasteiger partial charge in [0.2, 0.25) is 0 Å². The first-order valence-corrected chi connectivity index (χ1v) is 9.59. The Balaban J connectivity index is 1.85. The van der Waals surface area contributed by atoms with Crippen LogP contribution in [0.3, 0.4) is 0 Å². The maximum absolute atomic E-state index is 5.66. The predicted molar refractivity (Wildman–Crippen MR) is 109 cm³/mol. The summed E-state index contributed by atoms with van der Waals surface area (Å²) >= 11 is 1.70. The van der Waals surface area contributed by atoms with Crippen LogP contribution in [-0.4, -0.2) is 42.6 Å². The van der Waals surface area contributed by atoms with E-state index in [-0.39, 0.29) is 6.04 Å². The highest BCUT2D eigenvalue weighted by Gasteiger charge is 2.27. The van der Waals surface area contributed by atoms with Crippen molar-refractivity contribution in [1.29, 1.82) is 0 Å². The molecule has 0 bridgehead atoms. The number of thiophene rings is 1. The fourth-order valence-electron chi connectivity index (χ4n) is 3.09. The fraction of sp³-hybridized carbons (Fsp3) is 0.250. The lowest BCUT2D eigenvalue weighted by atomic mass is 10.1. The lowest BCUT2D eigenvalue weighted by molar-refractivity contribution is 0.403. The van der Waals surface area contributed by atoms with Crippen LogP contribution in [0, 0.1) is 0 Å². The third-order valence-corrected chi connectivity index (χ3v) is 5.27. The minimum Gasteiger partial charge on any atom is -0.463 e. The molecule has 6 nitrogen and oxygen atoms in total. The summed E-state index contributed by atoms with van der Waals surface area (Å²) in [7, 11) is 6.01. The molecule has 7 heteroatoms. The van der Waals surface area contributed by atoms with Gasteiger partial charge in [-0.1, -0.05) is 0 Å². The molecule has 3 aromatic heterocycles. The second-order valence-electron chi connectivity index (χ2n) is 6.57. The van der Waals surface area contributed by atoms with Gasteiger partial charge in [-0.2, -0.15) is 0 Å². The Labute approximate surface area is 162 Å². The molecule has 138 valence electrons. The second-order valence-corrected chi connectivity index (χ2v) is 7.52. The van der Waals surface area contributed by atoms with Crippen molar-refractivity contribution < 1.29 is 4.42 Å². The first-order valence-electron chi connectivity index (χ1n) is 8.71. The van der Waals surface area contributed by atoms with Gasteiger partial charge in [-0.05, 0) is 55.4 Å². The maximum Gasteiger partial charge on any atom is 0.163 e. The predicted octanol–water partition coefficient (Wildman–Crippen LogP) is 3.64. The standard InChI is InChI=1S/C20H21N5OS/c1-21-20-18(16-10-13(12-27-16)11-25(2)3)23-17(15-7-5-9-26-15)14-6-4-8-22-19(14)24-20/h4-10,12,18H,11H2,1-3H3,(H,21,22,24). The number of nitrogens with one attached hydrogen (secondary N) is 1. The number of fused-ring (bicyclic) bond motifs is 1. The highest BCUT2D eigenvalue weighted by Crippen LogP contribution is 2.33. The van der Waals surface area contributed by atoms with Crippen molar-refractivity contribution in [3.8, 4) is 0 Å². The number of pyridine rings is 1. The highest BCUT2D eigenvalue weighted by molar-refractivity contribution is 7.10. The summed E-state index contributed by atoms with van der Waals surface area (Å²) in [6.07, 6.45) is 3.41. The average molecular weight is 379 g/mol. The van der Waals surface area contributed by atoms with Crippen LogP contribution in [0.1, 0.15) is 27.8 Å². The molecule has 4 rings (SSSR count). The number of aliphatic imine (C=N–C) groups is 2. The van der Waals surface area contributed by atoms with Crippen molar-refractivity contribution in [1.82, 2.24) is 15.2 Å². The summed E-state index contributed by atoms with van der Waals surface area (Å²) in [5.74, 6) is 2.13. The van der Waals surface area contributed by atoms with Gasteiger partial charge >= 0.3 is 0 Å². The molecule has 1 unspecified atom stereocenters. The molecule has 3 aromatic rings. The lowest BCUT2D eigenvalue weighted by Crippen LogP contribution is -2.24. The van der Waals surface area contributed by atoms with Crippen LogP contribution in [0.2, 0.25) is 0 Å². The first kappa shape index (κ1) is 17.6. The number of nitrogens with zero attached hydrogens (tertiary/aromatic N) is 4. The van der Waals surface area contributed by atoms with Crippen LogP contribution >= 0.6 is 11.3 Å². The Morgan fingerprint density at radius 1 is 1.26 bits per heavy atom. The summed E-state index contributed by atoms with van der Waals surface area (Å²) in [6.45, 7) is 0.895. The third kappa shape index (κ3) is 3.56. The number of likely N-dealkylation sites (N-methyl/N-ethyl adjacent to an activating group) is 1. The average Bonchev–Trinajstić information content (AvgIpc) is 3.31. The van der Waals surface area contributed by atoms with Gasteiger partial charge in [-0.3, -0.25) is 4.99 Å². The number of rotatable bonds is 4. The van der Waals surface area contributed by atoms with E-state index in [1.165, 1.54) is 5.56 Å². The second kappa shape index (κ2) is 7.46. The van der Waals surface area contributed by atoms with Crippen LogP contribution in [0.5, 0.6) is 0 Å². The van der Waals surface area contributed by atoms with Gasteiger partial charge in [-0.25, -0.2) is 9.98 Å². The van der Waals surface area contributed by atoms with E-state index in [1.54, 1.807) is 23.8 Å². The molecule has 0 amide bonds. The Kier molecular flexibility index (Phi) is 4.87. The molecule has 0 saturated carbocycles. The lowest BCUT2D eigenvalue weighted by Gasteiger charge is -2.13. The Hall–Kier alpha value is -2.77. The van der Waals surface area contributed by atoms with Crippen molar-refractivity contribution in [2.45, 2.75) is 12.6 Å². The molecule has 1 atom stereocenters. The molecular formula is C20H21N5OS. The Morgan fingerprint density at radius 3 is 2.89 bits per heavy atom. The van der Waals surface area contributed by atoms with Crippen molar-refractivity contribution >= 4 is 28.7 Å². The molecule has 0 saturated heterocycles. The summed E-state index contributed by atoms with van der Waals surface area (Å²) in [4.78, 5) is 17.6. The van der Waals surface area contributed by atoms with E-state index in [2.05, 4.69) is 40.7 Å². The van der Waals surface area contributed by atoms with E-state index >= 15 is 0 Å². The third-order valence-electron chi connectivity index (χ3n) is 4.24. The van der Waals surface area contributed by atoms with Crippen LogP contribution in [0.15, 0.2) is 62.6 Å². The van der Waals surface area contributed by atoms with E-state index in [1.807, 2.05) is 31.3 Å². The topological polar surface area (TPSA) is 66.0 Å². The van der Waals surface area contributed by atoms with Gasteiger partial charge in [-0.15, -0.1) is 11.3 Å². The van der Waals surface area contributed by atoms with Crippen LogP contribution in [0.25, 0.3) is 0 Å². The largest absolute Gasteiger partial charge is 0.463 e. The molecule has 1 aliphatic rings. The van der Waals surface area contributed by atoms with Crippen LogP contribution < -0.4 is 5.32 Å². The van der Waals surface area contributed by atoms with Gasteiger partial charge in [0.05, 0.1) is 6.26 Å². The van der Waals surface area contributed by atoms with E-state index in [0.29, 0.717) is 11.6 Å².